The zero-order chi connectivity index (χ0) is 14.8. The molecule has 1 aromatic carbocycles. The monoisotopic (exact) mass is 322 g/mol. The number of carbonyl (C=O) groups is 1. The third-order valence-corrected chi connectivity index (χ3v) is 3.52. The van der Waals surface area contributed by atoms with E-state index >= 15 is 0 Å². The van der Waals surface area contributed by atoms with Crippen molar-refractivity contribution in [3.8, 4) is 0 Å². The zero-order valence-electron chi connectivity index (χ0n) is 11.6. The highest BCUT2D eigenvalue weighted by Crippen LogP contribution is 2.34. The smallest absolute Gasteiger partial charge is 0.324 e. The van der Waals surface area contributed by atoms with Gasteiger partial charge in [-0.1, -0.05) is 12.5 Å². The minimum atomic E-state index is -4.41. The lowest BCUT2D eigenvalue weighted by Crippen LogP contribution is -2.43. The van der Waals surface area contributed by atoms with Gasteiger partial charge in [0.15, 0.2) is 0 Å². The maximum atomic E-state index is 12.8. The fourth-order valence-corrected chi connectivity index (χ4v) is 2.37. The summed E-state index contributed by atoms with van der Waals surface area (Å²) in [4.78, 5) is 12.0. The molecule has 1 heterocycles. The summed E-state index contributed by atoms with van der Waals surface area (Å²) >= 11 is 0. The summed E-state index contributed by atoms with van der Waals surface area (Å²) in [5.41, 5.74) is -0.451. The molecule has 2 N–H and O–H groups in total. The van der Waals surface area contributed by atoms with Gasteiger partial charge in [-0.05, 0) is 44.0 Å². The number of hydrogen-bond donors (Lipinski definition) is 2. The highest BCUT2D eigenvalue weighted by molar-refractivity contribution is 5.95. The van der Waals surface area contributed by atoms with Gasteiger partial charge in [-0.25, -0.2) is 0 Å². The maximum absolute atomic E-state index is 12.8. The fourth-order valence-electron chi connectivity index (χ4n) is 2.37. The molecule has 7 heteroatoms. The normalized spacial score (nSPS) is 18.8. The van der Waals surface area contributed by atoms with Gasteiger partial charge in [0.1, 0.15) is 0 Å². The molecule has 1 aromatic rings. The first kappa shape index (κ1) is 17.8. The third-order valence-electron chi connectivity index (χ3n) is 3.52. The molecule has 21 heavy (non-hydrogen) atoms. The van der Waals surface area contributed by atoms with Crippen LogP contribution in [0, 0.1) is 6.92 Å². The van der Waals surface area contributed by atoms with E-state index in [0.29, 0.717) is 6.42 Å². The van der Waals surface area contributed by atoms with Crippen LogP contribution in [-0.4, -0.2) is 18.5 Å². The van der Waals surface area contributed by atoms with Gasteiger partial charge in [-0.2, -0.15) is 13.2 Å². The Bertz CT molecular complexity index is 499. The minimum Gasteiger partial charge on any atom is -0.324 e. The second-order valence-corrected chi connectivity index (χ2v) is 4.97. The minimum absolute atomic E-state index is 0. The van der Waals surface area contributed by atoms with Gasteiger partial charge < -0.3 is 10.6 Å². The zero-order valence-corrected chi connectivity index (χ0v) is 12.4. The van der Waals surface area contributed by atoms with E-state index in [4.69, 9.17) is 0 Å². The Morgan fingerprint density at radius 1 is 1.33 bits per heavy atom. The van der Waals surface area contributed by atoms with Crippen molar-refractivity contribution in [3.05, 3.63) is 29.3 Å². The van der Waals surface area contributed by atoms with Crippen molar-refractivity contribution in [2.24, 2.45) is 0 Å². The van der Waals surface area contributed by atoms with E-state index in [1.807, 2.05) is 0 Å². The number of rotatable bonds is 2. The van der Waals surface area contributed by atoms with Crippen LogP contribution in [0.25, 0.3) is 0 Å². The molecule has 1 aliphatic rings. The van der Waals surface area contributed by atoms with Crippen molar-refractivity contribution in [1.82, 2.24) is 5.32 Å². The predicted octanol–water partition coefficient (Wildman–Crippen LogP) is 3.52. The molecule has 1 amide bonds. The lowest BCUT2D eigenvalue weighted by Gasteiger charge is -2.23. The molecule has 1 atom stereocenters. The molecule has 1 aliphatic heterocycles. The predicted molar refractivity (Wildman–Crippen MR) is 77.7 cm³/mol. The third kappa shape index (κ3) is 4.35. The summed E-state index contributed by atoms with van der Waals surface area (Å²) < 4.78 is 38.4. The van der Waals surface area contributed by atoms with Gasteiger partial charge in [0.05, 0.1) is 11.6 Å². The van der Waals surface area contributed by atoms with E-state index in [-0.39, 0.29) is 35.6 Å². The molecule has 0 saturated carbocycles. The van der Waals surface area contributed by atoms with Crippen molar-refractivity contribution < 1.29 is 18.0 Å². The van der Waals surface area contributed by atoms with Crippen LogP contribution in [-0.2, 0) is 11.0 Å². The molecule has 0 spiro atoms. The summed E-state index contributed by atoms with van der Waals surface area (Å²) in [7, 11) is 0. The number of carbonyl (C=O) groups excluding carboxylic acids is 1. The standard InChI is InChI=1S/C14H17F3N2O.ClH/c1-9-10(14(15,16)17)5-4-7-11(9)19-13(20)12-6-2-3-8-18-12;/h4-5,7,12,18H,2-3,6,8H2,1H3,(H,19,20);1H. The Balaban J connectivity index is 0.00000220. The molecule has 3 nitrogen and oxygen atoms in total. The largest absolute Gasteiger partial charge is 0.416 e. The van der Waals surface area contributed by atoms with Crippen LogP contribution in [0.1, 0.15) is 30.4 Å². The van der Waals surface area contributed by atoms with E-state index in [2.05, 4.69) is 10.6 Å². The van der Waals surface area contributed by atoms with Crippen LogP contribution >= 0.6 is 12.4 Å². The van der Waals surface area contributed by atoms with Gasteiger partial charge in [0.25, 0.3) is 0 Å². The maximum Gasteiger partial charge on any atom is 0.416 e. The number of alkyl halides is 3. The molecule has 1 saturated heterocycles. The first-order valence-electron chi connectivity index (χ1n) is 6.60. The topological polar surface area (TPSA) is 41.1 Å². The second-order valence-electron chi connectivity index (χ2n) is 4.97. The number of halogens is 4. The van der Waals surface area contributed by atoms with Crippen LogP contribution in [0.3, 0.4) is 0 Å². The van der Waals surface area contributed by atoms with E-state index in [1.54, 1.807) is 0 Å². The molecular formula is C14H18ClF3N2O. The van der Waals surface area contributed by atoms with Crippen molar-refractivity contribution in [2.45, 2.75) is 38.4 Å². The van der Waals surface area contributed by atoms with Crippen molar-refractivity contribution >= 4 is 24.0 Å². The van der Waals surface area contributed by atoms with Crippen LogP contribution in [0.15, 0.2) is 18.2 Å². The number of amides is 1. The first-order valence-corrected chi connectivity index (χ1v) is 6.60. The van der Waals surface area contributed by atoms with Crippen LogP contribution < -0.4 is 10.6 Å². The number of hydrogen-bond acceptors (Lipinski definition) is 2. The molecule has 2 rings (SSSR count). The molecule has 0 aliphatic carbocycles. The van der Waals surface area contributed by atoms with Crippen molar-refractivity contribution in [3.63, 3.8) is 0 Å². The van der Waals surface area contributed by atoms with Crippen molar-refractivity contribution in [2.75, 3.05) is 11.9 Å². The van der Waals surface area contributed by atoms with Gasteiger partial charge in [-0.15, -0.1) is 12.4 Å². The Hall–Kier alpha value is -1.27. The number of nitrogens with one attached hydrogen (secondary N) is 2. The van der Waals surface area contributed by atoms with Crippen LogP contribution in [0.2, 0.25) is 0 Å². The molecule has 118 valence electrons. The molecule has 1 unspecified atom stereocenters. The Morgan fingerprint density at radius 2 is 2.05 bits per heavy atom. The van der Waals surface area contributed by atoms with Gasteiger partial charge in [-0.3, -0.25) is 4.79 Å². The number of anilines is 1. The Morgan fingerprint density at radius 3 is 2.62 bits per heavy atom. The number of piperidine rings is 1. The summed E-state index contributed by atoms with van der Waals surface area (Å²) in [5, 5.41) is 5.66. The summed E-state index contributed by atoms with van der Waals surface area (Å²) in [5.74, 6) is -0.271. The first-order chi connectivity index (χ1) is 9.39. The Labute approximate surface area is 127 Å². The van der Waals surface area contributed by atoms with Crippen LogP contribution in [0.4, 0.5) is 18.9 Å². The van der Waals surface area contributed by atoms with Gasteiger partial charge in [0.2, 0.25) is 5.91 Å². The fraction of sp³-hybridized carbons (Fsp3) is 0.500. The van der Waals surface area contributed by atoms with Crippen LogP contribution in [0.5, 0.6) is 0 Å². The van der Waals surface area contributed by atoms with E-state index in [0.717, 1.165) is 25.5 Å². The average Bonchev–Trinajstić information content (AvgIpc) is 2.40. The summed E-state index contributed by atoms with van der Waals surface area (Å²) in [6.45, 7) is 2.13. The molecule has 1 fully saturated rings. The lowest BCUT2D eigenvalue weighted by atomic mass is 10.0. The average molecular weight is 323 g/mol. The van der Waals surface area contributed by atoms with E-state index < -0.39 is 11.7 Å². The van der Waals surface area contributed by atoms with E-state index in [1.165, 1.54) is 19.1 Å². The van der Waals surface area contributed by atoms with E-state index in [9.17, 15) is 18.0 Å². The second kappa shape index (κ2) is 7.13. The highest BCUT2D eigenvalue weighted by atomic mass is 35.5. The molecule has 0 bridgehead atoms. The highest BCUT2D eigenvalue weighted by Gasteiger charge is 2.33. The SMILES string of the molecule is Cc1c(NC(=O)C2CCCCN2)cccc1C(F)(F)F.Cl. The summed E-state index contributed by atoms with van der Waals surface area (Å²) in [6.07, 6.45) is -1.73. The summed E-state index contributed by atoms with van der Waals surface area (Å²) in [6, 6.07) is 3.49. The molecule has 0 aromatic heterocycles. The quantitative estimate of drug-likeness (QED) is 0.874. The van der Waals surface area contributed by atoms with Gasteiger partial charge >= 0.3 is 6.18 Å². The number of benzene rings is 1. The van der Waals surface area contributed by atoms with Gasteiger partial charge in [0, 0.05) is 5.69 Å². The Kier molecular flexibility index (Phi) is 6.04. The molecule has 0 radical (unpaired) electrons. The molecular weight excluding hydrogens is 305 g/mol. The van der Waals surface area contributed by atoms with Crippen molar-refractivity contribution in [1.29, 1.82) is 0 Å². The lowest BCUT2D eigenvalue weighted by molar-refractivity contribution is -0.138.